The fourth-order valence-electron chi connectivity index (χ4n) is 2.45. The highest BCUT2D eigenvalue weighted by Crippen LogP contribution is 2.37. The van der Waals surface area contributed by atoms with Crippen LogP contribution >= 0.6 is 0 Å². The van der Waals surface area contributed by atoms with Crippen LogP contribution in [0.25, 0.3) is 0 Å². The Balaban J connectivity index is 0.000000336. The van der Waals surface area contributed by atoms with E-state index in [1.54, 1.807) is 0 Å². The molecular weight excluding hydrogens is 150 g/mol. The fourth-order valence-corrected chi connectivity index (χ4v) is 2.45. The highest BCUT2D eigenvalue weighted by molar-refractivity contribution is 4.99. The number of hydrogen-bond donors (Lipinski definition) is 1. The van der Waals surface area contributed by atoms with Crippen molar-refractivity contribution in [3.63, 3.8) is 0 Å². The Kier molecular flexibility index (Phi) is 3.13. The molecule has 1 N–H and O–H groups in total. The van der Waals surface area contributed by atoms with Crippen molar-refractivity contribution in [3.8, 4) is 0 Å². The Hall–Kier alpha value is -0.0800. The molecule has 2 heterocycles. The molecule has 0 aromatic rings. The summed E-state index contributed by atoms with van der Waals surface area (Å²) in [7, 11) is 0. The van der Waals surface area contributed by atoms with Gasteiger partial charge in [-0.25, -0.2) is 0 Å². The van der Waals surface area contributed by atoms with Crippen LogP contribution in [-0.2, 0) is 0 Å². The van der Waals surface area contributed by atoms with Crippen LogP contribution < -0.4 is 0 Å². The van der Waals surface area contributed by atoms with Crippen LogP contribution in [0, 0.1) is 0 Å². The van der Waals surface area contributed by atoms with Crippen molar-refractivity contribution in [1.82, 2.24) is 4.90 Å². The molecule has 2 aliphatic heterocycles. The van der Waals surface area contributed by atoms with E-state index in [1.807, 2.05) is 13.8 Å². The maximum Gasteiger partial charge on any atom is 0.0684 e. The first-order valence-electron chi connectivity index (χ1n) is 5.14. The van der Waals surface area contributed by atoms with E-state index in [1.165, 1.54) is 19.4 Å². The summed E-state index contributed by atoms with van der Waals surface area (Å²) in [5.41, 5.74) is 0.361. The number of hydrogen-bond acceptors (Lipinski definition) is 2. The molecule has 2 nitrogen and oxygen atoms in total. The molecule has 2 saturated heterocycles. The van der Waals surface area contributed by atoms with E-state index < -0.39 is 0 Å². The summed E-state index contributed by atoms with van der Waals surface area (Å²) < 4.78 is 0. The van der Waals surface area contributed by atoms with Crippen molar-refractivity contribution >= 4 is 0 Å². The van der Waals surface area contributed by atoms with E-state index in [0.717, 1.165) is 13.0 Å². The minimum absolute atomic E-state index is 0.0506. The quantitative estimate of drug-likeness (QED) is 0.599. The summed E-state index contributed by atoms with van der Waals surface area (Å²) in [6.45, 7) is 8.39. The van der Waals surface area contributed by atoms with Crippen LogP contribution in [0.5, 0.6) is 0 Å². The van der Waals surface area contributed by atoms with Crippen LogP contribution in [0.3, 0.4) is 0 Å². The van der Waals surface area contributed by atoms with Gasteiger partial charge in [-0.05, 0) is 32.7 Å². The lowest BCUT2D eigenvalue weighted by Crippen LogP contribution is -2.34. The van der Waals surface area contributed by atoms with E-state index in [4.69, 9.17) is 0 Å². The predicted molar refractivity (Wildman–Crippen MR) is 51.2 cm³/mol. The molecule has 0 saturated carbocycles. The van der Waals surface area contributed by atoms with Gasteiger partial charge in [0.05, 0.1) is 6.10 Å². The molecule has 0 amide bonds. The van der Waals surface area contributed by atoms with Crippen molar-refractivity contribution in [2.45, 2.75) is 51.7 Å². The van der Waals surface area contributed by atoms with Crippen LogP contribution in [0.15, 0.2) is 0 Å². The molecule has 0 aliphatic carbocycles. The zero-order valence-corrected chi connectivity index (χ0v) is 8.51. The number of aliphatic hydroxyl groups is 1. The standard InChI is InChI=1S/C8H15NO.C2H6/c1-8-3-2-4-9(8)6-7(10)5-8;1-2/h7,10H,2-6H2,1H3;1-2H3. The van der Waals surface area contributed by atoms with Crippen molar-refractivity contribution < 1.29 is 5.11 Å². The van der Waals surface area contributed by atoms with Gasteiger partial charge in [-0.2, -0.15) is 0 Å². The molecule has 0 spiro atoms. The zero-order chi connectivity index (χ0) is 9.19. The third-order valence-electron chi connectivity index (χ3n) is 3.01. The van der Waals surface area contributed by atoms with Gasteiger partial charge in [0.25, 0.3) is 0 Å². The van der Waals surface area contributed by atoms with Crippen molar-refractivity contribution in [2.75, 3.05) is 13.1 Å². The fraction of sp³-hybridized carbons (Fsp3) is 1.00. The predicted octanol–water partition coefficient (Wildman–Crippen LogP) is 1.63. The van der Waals surface area contributed by atoms with Gasteiger partial charge in [0, 0.05) is 12.1 Å². The molecule has 2 aliphatic rings. The summed E-state index contributed by atoms with van der Waals surface area (Å²) in [5, 5.41) is 9.36. The Morgan fingerprint density at radius 3 is 2.67 bits per heavy atom. The summed E-state index contributed by atoms with van der Waals surface area (Å²) >= 11 is 0. The van der Waals surface area contributed by atoms with E-state index in [-0.39, 0.29) is 6.10 Å². The van der Waals surface area contributed by atoms with Gasteiger partial charge in [0.1, 0.15) is 0 Å². The van der Waals surface area contributed by atoms with E-state index in [9.17, 15) is 5.11 Å². The highest BCUT2D eigenvalue weighted by atomic mass is 16.3. The maximum absolute atomic E-state index is 9.36. The van der Waals surface area contributed by atoms with Crippen molar-refractivity contribution in [3.05, 3.63) is 0 Å². The first-order valence-corrected chi connectivity index (χ1v) is 5.14. The molecule has 0 radical (unpaired) electrons. The average Bonchev–Trinajstić information content (AvgIpc) is 2.46. The molecule has 12 heavy (non-hydrogen) atoms. The number of β-amino-alcohol motifs (C(OH)–C–C–N with tert-alkyl or cyclic N) is 1. The second-order valence-electron chi connectivity index (χ2n) is 3.90. The summed E-state index contributed by atoms with van der Waals surface area (Å²) in [6, 6.07) is 0. The Morgan fingerprint density at radius 2 is 2.08 bits per heavy atom. The number of fused-ring (bicyclic) bond motifs is 1. The highest BCUT2D eigenvalue weighted by Gasteiger charge is 2.43. The molecule has 2 heteroatoms. The molecular formula is C10H21NO. The molecule has 0 aromatic carbocycles. The van der Waals surface area contributed by atoms with Gasteiger partial charge in [0.2, 0.25) is 0 Å². The van der Waals surface area contributed by atoms with E-state index in [2.05, 4.69) is 11.8 Å². The van der Waals surface area contributed by atoms with E-state index >= 15 is 0 Å². The number of aliphatic hydroxyl groups excluding tert-OH is 1. The van der Waals surface area contributed by atoms with Crippen LogP contribution in [0.1, 0.15) is 40.0 Å². The topological polar surface area (TPSA) is 23.5 Å². The molecule has 72 valence electrons. The number of nitrogens with zero attached hydrogens (tertiary/aromatic N) is 1. The molecule has 0 aromatic heterocycles. The Bertz CT molecular complexity index is 149. The molecule has 2 fully saturated rings. The molecule has 0 bridgehead atoms. The molecule has 2 atom stereocenters. The van der Waals surface area contributed by atoms with Gasteiger partial charge >= 0.3 is 0 Å². The van der Waals surface area contributed by atoms with Gasteiger partial charge < -0.3 is 5.11 Å². The first-order chi connectivity index (χ1) is 5.71. The van der Waals surface area contributed by atoms with Crippen molar-refractivity contribution in [1.29, 1.82) is 0 Å². The van der Waals surface area contributed by atoms with Crippen LogP contribution in [0.2, 0.25) is 0 Å². The second-order valence-corrected chi connectivity index (χ2v) is 3.90. The smallest absolute Gasteiger partial charge is 0.0684 e. The lowest BCUT2D eigenvalue weighted by molar-refractivity contribution is 0.177. The third-order valence-corrected chi connectivity index (χ3v) is 3.01. The monoisotopic (exact) mass is 171 g/mol. The normalized spacial score (nSPS) is 40.5. The van der Waals surface area contributed by atoms with Crippen molar-refractivity contribution in [2.24, 2.45) is 0 Å². The zero-order valence-electron chi connectivity index (χ0n) is 8.51. The third kappa shape index (κ3) is 1.64. The Labute approximate surface area is 75.6 Å². The van der Waals surface area contributed by atoms with Gasteiger partial charge in [-0.3, -0.25) is 4.90 Å². The lowest BCUT2D eigenvalue weighted by atomic mass is 9.96. The largest absolute Gasteiger partial charge is 0.392 e. The maximum atomic E-state index is 9.36. The number of rotatable bonds is 0. The molecule has 2 rings (SSSR count). The Morgan fingerprint density at radius 1 is 1.42 bits per heavy atom. The van der Waals surface area contributed by atoms with Crippen LogP contribution in [-0.4, -0.2) is 34.7 Å². The minimum Gasteiger partial charge on any atom is -0.392 e. The van der Waals surface area contributed by atoms with E-state index in [0.29, 0.717) is 5.54 Å². The minimum atomic E-state index is -0.0506. The van der Waals surface area contributed by atoms with Gasteiger partial charge in [-0.15, -0.1) is 0 Å². The first kappa shape index (κ1) is 10.0. The average molecular weight is 171 g/mol. The summed E-state index contributed by atoms with van der Waals surface area (Å²) in [5.74, 6) is 0. The molecule has 2 unspecified atom stereocenters. The van der Waals surface area contributed by atoms with Gasteiger partial charge in [-0.1, -0.05) is 13.8 Å². The summed E-state index contributed by atoms with van der Waals surface area (Å²) in [6.07, 6.45) is 3.55. The lowest BCUT2D eigenvalue weighted by Gasteiger charge is -2.26. The second kappa shape index (κ2) is 3.75. The van der Waals surface area contributed by atoms with Crippen LogP contribution in [0.4, 0.5) is 0 Å². The SMILES string of the molecule is CC.CC12CCCN1CC(O)C2. The van der Waals surface area contributed by atoms with Gasteiger partial charge in [0.15, 0.2) is 0 Å². The summed E-state index contributed by atoms with van der Waals surface area (Å²) in [4.78, 5) is 2.43.